The number of hydrogen-bond acceptors (Lipinski definition) is 4. The first-order valence-corrected chi connectivity index (χ1v) is 7.01. The fourth-order valence-electron chi connectivity index (χ4n) is 2.19. The second-order valence-corrected chi connectivity index (χ2v) is 6.15. The Balaban J connectivity index is 2.50. The van der Waals surface area contributed by atoms with Gasteiger partial charge in [-0.1, -0.05) is 45.0 Å². The molecule has 0 aliphatic carbocycles. The summed E-state index contributed by atoms with van der Waals surface area (Å²) in [6.45, 7) is 8.08. The number of aryl methyl sites for hydroxylation is 1. The van der Waals surface area contributed by atoms with E-state index < -0.39 is 5.97 Å². The van der Waals surface area contributed by atoms with Crippen molar-refractivity contribution < 1.29 is 14.6 Å². The van der Waals surface area contributed by atoms with Crippen LogP contribution in [0, 0.1) is 6.92 Å². The van der Waals surface area contributed by atoms with Crippen molar-refractivity contribution in [3.05, 3.63) is 41.1 Å². The number of benzene rings is 1. The maximum Gasteiger partial charge on any atom is 0.343 e. The fraction of sp³-hybridized carbons (Fsp3) is 0.353. The van der Waals surface area contributed by atoms with E-state index in [1.54, 1.807) is 6.92 Å². The lowest BCUT2D eigenvalue weighted by molar-refractivity contribution is 0.0691. The number of carboxylic acids is 1. The molecule has 0 amide bonds. The highest BCUT2D eigenvalue weighted by Crippen LogP contribution is 2.27. The van der Waals surface area contributed by atoms with Crippen molar-refractivity contribution in [2.24, 2.45) is 0 Å². The summed E-state index contributed by atoms with van der Waals surface area (Å²) >= 11 is 0. The van der Waals surface area contributed by atoms with Gasteiger partial charge in [0.05, 0.1) is 12.8 Å². The van der Waals surface area contributed by atoms with E-state index in [9.17, 15) is 9.90 Å². The Hall–Kier alpha value is -2.43. The average Bonchev–Trinajstić information content (AvgIpc) is 2.45. The normalized spacial score (nSPS) is 11.3. The van der Waals surface area contributed by atoms with Gasteiger partial charge >= 0.3 is 5.97 Å². The van der Waals surface area contributed by atoms with Crippen molar-refractivity contribution >= 4 is 5.97 Å². The Morgan fingerprint density at radius 3 is 2.18 bits per heavy atom. The average molecular weight is 300 g/mol. The maximum absolute atomic E-state index is 11.2. The molecule has 1 aromatic heterocycles. The van der Waals surface area contributed by atoms with Gasteiger partial charge in [0.1, 0.15) is 5.56 Å². The molecule has 22 heavy (non-hydrogen) atoms. The molecule has 2 aromatic rings. The van der Waals surface area contributed by atoms with Crippen LogP contribution in [0.1, 0.15) is 42.4 Å². The molecular formula is C17H20N2O3. The van der Waals surface area contributed by atoms with Crippen LogP contribution in [0.2, 0.25) is 0 Å². The molecule has 0 unspecified atom stereocenters. The van der Waals surface area contributed by atoms with Gasteiger partial charge in [0.2, 0.25) is 5.88 Å². The molecule has 1 N–H and O–H groups in total. The quantitative estimate of drug-likeness (QED) is 0.939. The Bertz CT molecular complexity index is 701. The van der Waals surface area contributed by atoms with Gasteiger partial charge in [-0.3, -0.25) is 0 Å². The molecule has 5 heteroatoms. The molecule has 0 saturated carbocycles. The summed E-state index contributed by atoms with van der Waals surface area (Å²) in [5.74, 6) is -0.557. The zero-order valence-corrected chi connectivity index (χ0v) is 13.5. The number of methoxy groups -OCH3 is 1. The van der Waals surface area contributed by atoms with Crippen LogP contribution >= 0.6 is 0 Å². The Morgan fingerprint density at radius 1 is 1.14 bits per heavy atom. The lowest BCUT2D eigenvalue weighted by Crippen LogP contribution is -2.11. The second kappa shape index (κ2) is 5.75. The highest BCUT2D eigenvalue weighted by atomic mass is 16.5. The van der Waals surface area contributed by atoms with Crippen molar-refractivity contribution in [1.29, 1.82) is 0 Å². The molecule has 0 atom stereocenters. The first-order valence-electron chi connectivity index (χ1n) is 7.01. The molecule has 0 fully saturated rings. The van der Waals surface area contributed by atoms with Crippen LogP contribution in [-0.4, -0.2) is 28.2 Å². The van der Waals surface area contributed by atoms with Gasteiger partial charge < -0.3 is 9.84 Å². The Kier molecular flexibility index (Phi) is 4.17. The largest absolute Gasteiger partial charge is 0.480 e. The molecule has 116 valence electrons. The van der Waals surface area contributed by atoms with E-state index in [1.807, 2.05) is 24.3 Å². The minimum atomic E-state index is -1.09. The van der Waals surface area contributed by atoms with Crippen LogP contribution in [0.15, 0.2) is 24.3 Å². The SMILES string of the molecule is COc1nc(-c2ccc(C(C)(C)C)cc2)nc(C)c1C(=O)O. The van der Waals surface area contributed by atoms with Gasteiger partial charge in [-0.25, -0.2) is 9.78 Å². The molecule has 0 saturated heterocycles. The van der Waals surface area contributed by atoms with Crippen molar-refractivity contribution in [3.63, 3.8) is 0 Å². The summed E-state index contributed by atoms with van der Waals surface area (Å²) in [7, 11) is 1.40. The number of aromatic nitrogens is 2. The van der Waals surface area contributed by atoms with E-state index in [0.717, 1.165) is 5.56 Å². The van der Waals surface area contributed by atoms with Gasteiger partial charge in [0.15, 0.2) is 5.82 Å². The van der Waals surface area contributed by atoms with Gasteiger partial charge in [0, 0.05) is 5.56 Å². The van der Waals surface area contributed by atoms with Crippen molar-refractivity contribution in [1.82, 2.24) is 9.97 Å². The zero-order chi connectivity index (χ0) is 16.5. The second-order valence-electron chi connectivity index (χ2n) is 6.15. The first kappa shape index (κ1) is 15.9. The third-order valence-electron chi connectivity index (χ3n) is 3.47. The van der Waals surface area contributed by atoms with Crippen LogP contribution in [0.25, 0.3) is 11.4 Å². The van der Waals surface area contributed by atoms with Crippen LogP contribution < -0.4 is 4.74 Å². The predicted molar refractivity (Wildman–Crippen MR) is 84.4 cm³/mol. The number of carbonyl (C=O) groups is 1. The summed E-state index contributed by atoms with van der Waals surface area (Å²) in [6.07, 6.45) is 0. The number of nitrogens with zero attached hydrogens (tertiary/aromatic N) is 2. The van der Waals surface area contributed by atoms with Gasteiger partial charge in [-0.2, -0.15) is 4.98 Å². The maximum atomic E-state index is 11.2. The van der Waals surface area contributed by atoms with Crippen molar-refractivity contribution in [2.75, 3.05) is 7.11 Å². The molecule has 1 aromatic carbocycles. The monoisotopic (exact) mass is 300 g/mol. The van der Waals surface area contributed by atoms with E-state index in [2.05, 4.69) is 30.7 Å². The molecule has 0 radical (unpaired) electrons. The summed E-state index contributed by atoms with van der Waals surface area (Å²) < 4.78 is 5.10. The highest BCUT2D eigenvalue weighted by molar-refractivity contribution is 5.91. The lowest BCUT2D eigenvalue weighted by Gasteiger charge is -2.19. The minimum Gasteiger partial charge on any atom is -0.480 e. The smallest absolute Gasteiger partial charge is 0.343 e. The van der Waals surface area contributed by atoms with E-state index >= 15 is 0 Å². The topological polar surface area (TPSA) is 72.3 Å². The Labute approximate surface area is 130 Å². The number of ether oxygens (including phenoxy) is 1. The van der Waals surface area contributed by atoms with E-state index in [4.69, 9.17) is 4.74 Å². The van der Waals surface area contributed by atoms with Gasteiger partial charge in [0.25, 0.3) is 0 Å². The third-order valence-corrected chi connectivity index (χ3v) is 3.47. The number of carboxylic acid groups (broad SMARTS) is 1. The number of hydrogen-bond donors (Lipinski definition) is 1. The zero-order valence-electron chi connectivity index (χ0n) is 13.5. The standard InChI is InChI=1S/C17H20N2O3/c1-10-13(16(20)21)15(22-5)19-14(18-10)11-6-8-12(9-7-11)17(2,3)4/h6-9H,1-5H3,(H,20,21). The molecule has 5 nitrogen and oxygen atoms in total. The minimum absolute atomic E-state index is 0.00226. The first-order chi connectivity index (χ1) is 10.2. The van der Waals surface area contributed by atoms with Gasteiger partial charge in [-0.05, 0) is 17.9 Å². The van der Waals surface area contributed by atoms with E-state index in [1.165, 1.54) is 12.7 Å². The predicted octanol–water partition coefficient (Wildman–Crippen LogP) is 3.46. The molecule has 0 aliphatic rings. The molecule has 1 heterocycles. The summed E-state index contributed by atoms with van der Waals surface area (Å²) in [5.41, 5.74) is 2.49. The molecule has 2 rings (SSSR count). The summed E-state index contributed by atoms with van der Waals surface area (Å²) in [4.78, 5) is 19.8. The van der Waals surface area contributed by atoms with E-state index in [0.29, 0.717) is 11.5 Å². The highest BCUT2D eigenvalue weighted by Gasteiger charge is 2.20. The number of aromatic carboxylic acids is 1. The van der Waals surface area contributed by atoms with Crippen LogP contribution in [0.5, 0.6) is 5.88 Å². The molecule has 0 spiro atoms. The van der Waals surface area contributed by atoms with E-state index in [-0.39, 0.29) is 16.9 Å². The molecular weight excluding hydrogens is 280 g/mol. The number of rotatable bonds is 3. The van der Waals surface area contributed by atoms with Crippen molar-refractivity contribution in [2.45, 2.75) is 33.1 Å². The van der Waals surface area contributed by atoms with Crippen LogP contribution in [0.4, 0.5) is 0 Å². The molecule has 0 bridgehead atoms. The lowest BCUT2D eigenvalue weighted by atomic mass is 9.87. The fourth-order valence-corrected chi connectivity index (χ4v) is 2.19. The third kappa shape index (κ3) is 3.08. The Morgan fingerprint density at radius 2 is 1.73 bits per heavy atom. The summed E-state index contributed by atoms with van der Waals surface area (Å²) in [6, 6.07) is 7.95. The molecule has 0 aliphatic heterocycles. The summed E-state index contributed by atoms with van der Waals surface area (Å²) in [5, 5.41) is 9.20. The van der Waals surface area contributed by atoms with Crippen LogP contribution in [0.3, 0.4) is 0 Å². The van der Waals surface area contributed by atoms with Gasteiger partial charge in [-0.15, -0.1) is 0 Å². The van der Waals surface area contributed by atoms with Crippen molar-refractivity contribution in [3.8, 4) is 17.3 Å². The van der Waals surface area contributed by atoms with Crippen LogP contribution in [-0.2, 0) is 5.41 Å².